The van der Waals surface area contributed by atoms with Crippen molar-refractivity contribution in [2.45, 2.75) is 12.8 Å². The zero-order valence-corrected chi connectivity index (χ0v) is 10.8. The SMILES string of the molecule is COc1cccc(Nc2ccn[nH]2)c1OCC1CC1. The lowest BCUT2D eigenvalue weighted by Gasteiger charge is -2.15. The third-order valence-corrected chi connectivity index (χ3v) is 3.13. The Balaban J connectivity index is 1.83. The number of rotatable bonds is 6. The number of para-hydroxylation sites is 1. The van der Waals surface area contributed by atoms with Gasteiger partial charge in [0.2, 0.25) is 0 Å². The first-order valence-corrected chi connectivity index (χ1v) is 6.43. The topological polar surface area (TPSA) is 59.2 Å². The summed E-state index contributed by atoms with van der Waals surface area (Å²) in [6.07, 6.45) is 4.23. The molecule has 1 aromatic carbocycles. The summed E-state index contributed by atoms with van der Waals surface area (Å²) in [5.74, 6) is 3.02. The van der Waals surface area contributed by atoms with Gasteiger partial charge in [-0.3, -0.25) is 5.10 Å². The first-order chi connectivity index (χ1) is 9.36. The molecule has 0 amide bonds. The minimum absolute atomic E-state index is 0.699. The molecule has 1 fully saturated rings. The molecule has 0 atom stereocenters. The Labute approximate surface area is 111 Å². The number of nitrogens with zero attached hydrogens (tertiary/aromatic N) is 1. The van der Waals surface area contributed by atoms with Crippen molar-refractivity contribution in [1.82, 2.24) is 10.2 Å². The average Bonchev–Trinajstić information content (AvgIpc) is 3.13. The summed E-state index contributed by atoms with van der Waals surface area (Å²) in [4.78, 5) is 0. The third-order valence-electron chi connectivity index (χ3n) is 3.13. The number of nitrogens with one attached hydrogen (secondary N) is 2. The molecule has 1 saturated carbocycles. The second-order valence-electron chi connectivity index (χ2n) is 4.69. The van der Waals surface area contributed by atoms with Gasteiger partial charge in [-0.1, -0.05) is 6.07 Å². The van der Waals surface area contributed by atoms with E-state index in [9.17, 15) is 0 Å². The molecule has 100 valence electrons. The van der Waals surface area contributed by atoms with Crippen LogP contribution in [0.1, 0.15) is 12.8 Å². The number of H-pyrrole nitrogens is 1. The van der Waals surface area contributed by atoms with Crippen LogP contribution in [-0.4, -0.2) is 23.9 Å². The van der Waals surface area contributed by atoms with Crippen molar-refractivity contribution in [3.63, 3.8) is 0 Å². The van der Waals surface area contributed by atoms with Crippen molar-refractivity contribution in [3.8, 4) is 11.5 Å². The van der Waals surface area contributed by atoms with E-state index in [0.717, 1.165) is 29.6 Å². The second-order valence-corrected chi connectivity index (χ2v) is 4.69. The zero-order valence-electron chi connectivity index (χ0n) is 10.8. The molecule has 0 radical (unpaired) electrons. The van der Waals surface area contributed by atoms with Crippen molar-refractivity contribution < 1.29 is 9.47 Å². The molecule has 2 N–H and O–H groups in total. The van der Waals surface area contributed by atoms with Crippen LogP contribution in [0.25, 0.3) is 0 Å². The Morgan fingerprint density at radius 2 is 2.26 bits per heavy atom. The number of aromatic amines is 1. The summed E-state index contributed by atoms with van der Waals surface area (Å²) >= 11 is 0. The minimum atomic E-state index is 0.699. The molecule has 0 aliphatic heterocycles. The summed E-state index contributed by atoms with van der Waals surface area (Å²) in [6, 6.07) is 7.66. The molecule has 0 unspecified atom stereocenters. The van der Waals surface area contributed by atoms with Gasteiger partial charge in [-0.05, 0) is 30.9 Å². The first-order valence-electron chi connectivity index (χ1n) is 6.43. The number of aromatic nitrogens is 2. The Morgan fingerprint density at radius 1 is 1.37 bits per heavy atom. The lowest BCUT2D eigenvalue weighted by Crippen LogP contribution is -2.04. The highest BCUT2D eigenvalue weighted by Crippen LogP contribution is 2.38. The molecule has 0 saturated heterocycles. The number of benzene rings is 1. The third kappa shape index (κ3) is 2.81. The van der Waals surface area contributed by atoms with E-state index in [0.29, 0.717) is 5.92 Å². The lowest BCUT2D eigenvalue weighted by atomic mass is 10.2. The summed E-state index contributed by atoms with van der Waals surface area (Å²) in [5.41, 5.74) is 0.879. The standard InChI is InChI=1S/C14H17N3O2/c1-18-12-4-2-3-11(16-13-7-8-15-17-13)14(12)19-9-10-5-6-10/h2-4,7-8,10H,5-6,9H2,1H3,(H2,15,16,17). The van der Waals surface area contributed by atoms with Crippen LogP contribution in [0.2, 0.25) is 0 Å². The fourth-order valence-electron chi connectivity index (χ4n) is 1.88. The predicted molar refractivity (Wildman–Crippen MR) is 73.1 cm³/mol. The quantitative estimate of drug-likeness (QED) is 0.837. The number of hydrogen-bond donors (Lipinski definition) is 2. The molecule has 0 spiro atoms. The van der Waals surface area contributed by atoms with E-state index in [-0.39, 0.29) is 0 Å². The molecule has 2 aromatic rings. The van der Waals surface area contributed by atoms with Gasteiger partial charge < -0.3 is 14.8 Å². The summed E-state index contributed by atoms with van der Waals surface area (Å²) in [6.45, 7) is 0.748. The Hall–Kier alpha value is -2.17. The zero-order chi connectivity index (χ0) is 13.1. The first kappa shape index (κ1) is 11.9. The molecule has 1 aliphatic carbocycles. The molecule has 3 rings (SSSR count). The maximum Gasteiger partial charge on any atom is 0.184 e. The van der Waals surface area contributed by atoms with E-state index in [1.54, 1.807) is 13.3 Å². The number of hydrogen-bond acceptors (Lipinski definition) is 4. The van der Waals surface area contributed by atoms with Gasteiger partial charge in [0.15, 0.2) is 11.5 Å². The Morgan fingerprint density at radius 3 is 2.95 bits per heavy atom. The highest BCUT2D eigenvalue weighted by atomic mass is 16.5. The average molecular weight is 259 g/mol. The van der Waals surface area contributed by atoms with E-state index in [4.69, 9.17) is 9.47 Å². The fourth-order valence-corrected chi connectivity index (χ4v) is 1.88. The molecule has 0 bridgehead atoms. The van der Waals surface area contributed by atoms with E-state index in [1.807, 2.05) is 24.3 Å². The summed E-state index contributed by atoms with van der Waals surface area (Å²) in [5, 5.41) is 10.0. The van der Waals surface area contributed by atoms with Gasteiger partial charge in [-0.15, -0.1) is 0 Å². The van der Waals surface area contributed by atoms with E-state index < -0.39 is 0 Å². The van der Waals surface area contributed by atoms with E-state index in [1.165, 1.54) is 12.8 Å². The van der Waals surface area contributed by atoms with Crippen LogP contribution in [0, 0.1) is 5.92 Å². The Bertz CT molecular complexity index is 536. The maximum absolute atomic E-state index is 5.91. The molecule has 19 heavy (non-hydrogen) atoms. The molecule has 1 aliphatic rings. The number of anilines is 2. The van der Waals surface area contributed by atoms with Crippen molar-refractivity contribution >= 4 is 11.5 Å². The molecule has 5 heteroatoms. The predicted octanol–water partition coefficient (Wildman–Crippen LogP) is 2.95. The largest absolute Gasteiger partial charge is 0.493 e. The molecular formula is C14H17N3O2. The van der Waals surface area contributed by atoms with Crippen LogP contribution < -0.4 is 14.8 Å². The van der Waals surface area contributed by atoms with Crippen LogP contribution in [0.15, 0.2) is 30.5 Å². The van der Waals surface area contributed by atoms with Crippen molar-refractivity contribution in [3.05, 3.63) is 30.5 Å². The fraction of sp³-hybridized carbons (Fsp3) is 0.357. The number of ether oxygens (including phenoxy) is 2. The molecule has 1 aromatic heterocycles. The van der Waals surface area contributed by atoms with Crippen LogP contribution in [0.4, 0.5) is 11.5 Å². The highest BCUT2D eigenvalue weighted by Gasteiger charge is 2.23. The maximum atomic E-state index is 5.91. The van der Waals surface area contributed by atoms with Gasteiger partial charge in [0.1, 0.15) is 5.82 Å². The minimum Gasteiger partial charge on any atom is -0.493 e. The van der Waals surface area contributed by atoms with Crippen molar-refractivity contribution in [2.75, 3.05) is 19.0 Å². The summed E-state index contributed by atoms with van der Waals surface area (Å²) in [7, 11) is 1.65. The molecule has 1 heterocycles. The van der Waals surface area contributed by atoms with E-state index in [2.05, 4.69) is 15.5 Å². The van der Waals surface area contributed by atoms with Gasteiger partial charge in [0.05, 0.1) is 25.6 Å². The van der Waals surface area contributed by atoms with Crippen molar-refractivity contribution in [1.29, 1.82) is 0 Å². The van der Waals surface area contributed by atoms with Gasteiger partial charge in [-0.25, -0.2) is 0 Å². The van der Waals surface area contributed by atoms with Gasteiger partial charge >= 0.3 is 0 Å². The molecular weight excluding hydrogens is 242 g/mol. The van der Waals surface area contributed by atoms with Gasteiger partial charge in [0, 0.05) is 6.07 Å². The lowest BCUT2D eigenvalue weighted by molar-refractivity contribution is 0.282. The van der Waals surface area contributed by atoms with Gasteiger partial charge in [0.25, 0.3) is 0 Å². The van der Waals surface area contributed by atoms with Crippen LogP contribution in [-0.2, 0) is 0 Å². The van der Waals surface area contributed by atoms with Crippen LogP contribution in [0.5, 0.6) is 11.5 Å². The van der Waals surface area contributed by atoms with Crippen LogP contribution in [0.3, 0.4) is 0 Å². The monoisotopic (exact) mass is 259 g/mol. The van der Waals surface area contributed by atoms with Crippen LogP contribution >= 0.6 is 0 Å². The Kier molecular flexibility index (Phi) is 3.27. The van der Waals surface area contributed by atoms with Gasteiger partial charge in [-0.2, -0.15) is 5.10 Å². The molecule has 5 nitrogen and oxygen atoms in total. The van der Waals surface area contributed by atoms with E-state index >= 15 is 0 Å². The normalized spacial score (nSPS) is 14.2. The number of methoxy groups -OCH3 is 1. The van der Waals surface area contributed by atoms with Crippen molar-refractivity contribution in [2.24, 2.45) is 5.92 Å². The summed E-state index contributed by atoms with van der Waals surface area (Å²) < 4.78 is 11.3. The smallest absolute Gasteiger partial charge is 0.184 e. The second kappa shape index (κ2) is 5.22. The highest BCUT2D eigenvalue weighted by molar-refractivity contribution is 5.68.